The Kier molecular flexibility index (Phi) is 5.84. The van der Waals surface area contributed by atoms with Gasteiger partial charge in [0.05, 0.1) is 0 Å². The second-order valence-corrected chi connectivity index (χ2v) is 8.52. The van der Waals surface area contributed by atoms with Crippen LogP contribution >= 0.6 is 0 Å². The highest BCUT2D eigenvalue weighted by molar-refractivity contribution is 7.90. The summed E-state index contributed by atoms with van der Waals surface area (Å²) in [5.41, 5.74) is 0.308. The van der Waals surface area contributed by atoms with E-state index in [2.05, 4.69) is 20.8 Å². The Bertz CT molecular complexity index is 929. The summed E-state index contributed by atoms with van der Waals surface area (Å²) in [6.45, 7) is 4.90. The summed E-state index contributed by atoms with van der Waals surface area (Å²) in [6, 6.07) is 6.31. The standard InChI is InChI=1S/C16H20N4O6S/c1-16(2,3)26-14(22)17-9-12(21)18-11-7-5-10(6-8-11)13-19-20-15(25-13)27(4,23)24/h5-8H,9H2,1-4H3,(H,17,22)(H,18,21). The molecule has 2 N–H and O–H groups in total. The first-order valence-corrected chi connectivity index (χ1v) is 9.74. The molecule has 2 aromatic rings. The number of nitrogens with zero attached hydrogens (tertiary/aromatic N) is 2. The van der Waals surface area contributed by atoms with E-state index >= 15 is 0 Å². The first-order chi connectivity index (χ1) is 12.4. The van der Waals surface area contributed by atoms with Crippen molar-refractivity contribution < 1.29 is 27.2 Å². The number of ether oxygens (including phenoxy) is 1. The fourth-order valence-corrected chi connectivity index (χ4v) is 2.26. The minimum atomic E-state index is -3.58. The third-order valence-electron chi connectivity index (χ3n) is 2.93. The van der Waals surface area contributed by atoms with Crippen LogP contribution in [0.3, 0.4) is 0 Å². The highest BCUT2D eigenvalue weighted by Gasteiger charge is 2.18. The predicted molar refractivity (Wildman–Crippen MR) is 95.7 cm³/mol. The summed E-state index contributed by atoms with van der Waals surface area (Å²) in [6.07, 6.45) is 0.278. The van der Waals surface area contributed by atoms with E-state index in [1.807, 2.05) is 0 Å². The topological polar surface area (TPSA) is 140 Å². The van der Waals surface area contributed by atoms with Gasteiger partial charge >= 0.3 is 11.3 Å². The third kappa shape index (κ3) is 6.37. The molecule has 1 aromatic heterocycles. The molecule has 11 heteroatoms. The van der Waals surface area contributed by atoms with Gasteiger partial charge in [-0.05, 0) is 45.0 Å². The van der Waals surface area contributed by atoms with Crippen molar-refractivity contribution in [3.8, 4) is 11.5 Å². The fourth-order valence-electron chi connectivity index (χ4n) is 1.84. The first-order valence-electron chi connectivity index (χ1n) is 7.85. The molecule has 0 fully saturated rings. The van der Waals surface area contributed by atoms with Crippen molar-refractivity contribution in [1.29, 1.82) is 0 Å². The number of benzene rings is 1. The zero-order valence-electron chi connectivity index (χ0n) is 15.3. The van der Waals surface area contributed by atoms with Crippen molar-refractivity contribution in [2.24, 2.45) is 0 Å². The number of hydrogen-bond acceptors (Lipinski definition) is 8. The molecule has 1 aromatic carbocycles. The molecule has 27 heavy (non-hydrogen) atoms. The molecule has 2 amide bonds. The molecule has 2 rings (SSSR count). The number of rotatable bonds is 5. The highest BCUT2D eigenvalue weighted by atomic mass is 32.2. The summed E-state index contributed by atoms with van der Waals surface area (Å²) in [4.78, 5) is 23.4. The number of hydrogen-bond donors (Lipinski definition) is 2. The number of alkyl carbamates (subject to hydrolysis) is 1. The van der Waals surface area contributed by atoms with Crippen LogP contribution in [0.5, 0.6) is 0 Å². The molecule has 0 bridgehead atoms. The quantitative estimate of drug-likeness (QED) is 0.776. The van der Waals surface area contributed by atoms with E-state index in [1.165, 1.54) is 0 Å². The van der Waals surface area contributed by atoms with Crippen LogP contribution in [0.1, 0.15) is 20.8 Å². The van der Waals surface area contributed by atoms with Crippen molar-refractivity contribution in [2.45, 2.75) is 31.6 Å². The van der Waals surface area contributed by atoms with Crippen molar-refractivity contribution in [3.63, 3.8) is 0 Å². The summed E-state index contributed by atoms with van der Waals surface area (Å²) < 4.78 is 32.8. The first kappa shape index (κ1) is 20.4. The molecule has 1 heterocycles. The number of nitrogens with one attached hydrogen (secondary N) is 2. The second kappa shape index (κ2) is 7.74. The van der Waals surface area contributed by atoms with Crippen LogP contribution in [0.25, 0.3) is 11.5 Å². The Morgan fingerprint density at radius 1 is 1.15 bits per heavy atom. The minimum Gasteiger partial charge on any atom is -0.444 e. The van der Waals surface area contributed by atoms with Gasteiger partial charge < -0.3 is 19.8 Å². The SMILES string of the molecule is CC(C)(C)OC(=O)NCC(=O)Nc1ccc(-c2nnc(S(C)(=O)=O)o2)cc1. The van der Waals surface area contributed by atoms with E-state index in [4.69, 9.17) is 9.15 Å². The largest absolute Gasteiger partial charge is 0.444 e. The number of anilines is 1. The average molecular weight is 396 g/mol. The van der Waals surface area contributed by atoms with Crippen molar-refractivity contribution >= 4 is 27.5 Å². The lowest BCUT2D eigenvalue weighted by molar-refractivity contribution is -0.115. The maximum absolute atomic E-state index is 11.9. The Morgan fingerprint density at radius 2 is 1.78 bits per heavy atom. The average Bonchev–Trinajstić information content (AvgIpc) is 3.02. The van der Waals surface area contributed by atoms with Gasteiger partial charge in [-0.25, -0.2) is 13.2 Å². The highest BCUT2D eigenvalue weighted by Crippen LogP contribution is 2.21. The van der Waals surface area contributed by atoms with Gasteiger partial charge in [0.1, 0.15) is 12.1 Å². The molecule has 0 aliphatic heterocycles. The van der Waals surface area contributed by atoms with Crippen molar-refractivity contribution in [1.82, 2.24) is 15.5 Å². The van der Waals surface area contributed by atoms with E-state index in [0.29, 0.717) is 11.3 Å². The van der Waals surface area contributed by atoms with Gasteiger partial charge in [0, 0.05) is 17.5 Å². The molecule has 0 saturated carbocycles. The van der Waals surface area contributed by atoms with Crippen LogP contribution in [0.15, 0.2) is 33.9 Å². The van der Waals surface area contributed by atoms with Crippen LogP contribution < -0.4 is 10.6 Å². The summed E-state index contributed by atoms with van der Waals surface area (Å²) >= 11 is 0. The van der Waals surface area contributed by atoms with Crippen molar-refractivity contribution in [3.05, 3.63) is 24.3 Å². The maximum Gasteiger partial charge on any atom is 0.408 e. The van der Waals surface area contributed by atoms with Crippen molar-refractivity contribution in [2.75, 3.05) is 18.1 Å². The third-order valence-corrected chi connectivity index (χ3v) is 3.73. The minimum absolute atomic E-state index is 0.0416. The lowest BCUT2D eigenvalue weighted by Gasteiger charge is -2.19. The Hall–Kier alpha value is -2.95. The number of carbonyl (C=O) groups excluding carboxylic acids is 2. The zero-order chi connectivity index (χ0) is 20.2. The van der Waals surface area contributed by atoms with Gasteiger partial charge in [-0.3, -0.25) is 4.79 Å². The Labute approximate surface area is 156 Å². The van der Waals surface area contributed by atoms with Gasteiger partial charge in [0.2, 0.25) is 21.6 Å². The molecule has 0 aliphatic rings. The molecule has 0 aliphatic carbocycles. The predicted octanol–water partition coefficient (Wildman–Crippen LogP) is 1.60. The number of sulfone groups is 1. The maximum atomic E-state index is 11.9. The molecule has 0 unspecified atom stereocenters. The van der Waals surface area contributed by atoms with E-state index in [9.17, 15) is 18.0 Å². The van der Waals surface area contributed by atoms with Gasteiger partial charge in [0.25, 0.3) is 0 Å². The van der Waals surface area contributed by atoms with Crippen LogP contribution in [-0.4, -0.2) is 49.0 Å². The van der Waals surface area contributed by atoms with Crippen LogP contribution in [-0.2, 0) is 19.4 Å². The number of amides is 2. The fraction of sp³-hybridized carbons (Fsp3) is 0.375. The van der Waals surface area contributed by atoms with E-state index < -0.39 is 32.7 Å². The second-order valence-electron chi connectivity index (χ2n) is 6.63. The Balaban J connectivity index is 1.93. The van der Waals surface area contributed by atoms with Crippen LogP contribution in [0.2, 0.25) is 0 Å². The number of carbonyl (C=O) groups is 2. The lowest BCUT2D eigenvalue weighted by Crippen LogP contribution is -2.37. The van der Waals surface area contributed by atoms with Gasteiger partial charge in [0.15, 0.2) is 0 Å². The molecule has 146 valence electrons. The van der Waals surface area contributed by atoms with Crippen LogP contribution in [0, 0.1) is 0 Å². The molecular weight excluding hydrogens is 376 g/mol. The molecule has 0 saturated heterocycles. The molecule has 10 nitrogen and oxygen atoms in total. The number of aromatic nitrogens is 2. The molecule has 0 spiro atoms. The van der Waals surface area contributed by atoms with E-state index in [1.54, 1.807) is 45.0 Å². The molecular formula is C16H20N4O6S. The van der Waals surface area contributed by atoms with Crippen LogP contribution in [0.4, 0.5) is 10.5 Å². The summed E-state index contributed by atoms with van der Waals surface area (Å²) in [5, 5.41) is 11.6. The smallest absolute Gasteiger partial charge is 0.408 e. The zero-order valence-corrected chi connectivity index (χ0v) is 16.1. The van der Waals surface area contributed by atoms with Gasteiger partial charge in [-0.2, -0.15) is 0 Å². The summed E-state index contributed by atoms with van der Waals surface area (Å²) in [7, 11) is -3.58. The van der Waals surface area contributed by atoms with Gasteiger partial charge in [-0.15, -0.1) is 5.10 Å². The summed E-state index contributed by atoms with van der Waals surface area (Å²) in [5.74, 6) is -0.398. The molecule has 0 atom stereocenters. The van der Waals surface area contributed by atoms with E-state index in [-0.39, 0.29) is 12.4 Å². The monoisotopic (exact) mass is 396 g/mol. The Morgan fingerprint density at radius 3 is 2.30 bits per heavy atom. The normalized spacial score (nSPS) is 11.7. The molecule has 0 radical (unpaired) electrons. The van der Waals surface area contributed by atoms with Gasteiger partial charge in [-0.1, -0.05) is 5.10 Å². The lowest BCUT2D eigenvalue weighted by atomic mass is 10.2. The van der Waals surface area contributed by atoms with E-state index in [0.717, 1.165) is 6.26 Å².